The lowest BCUT2D eigenvalue weighted by Crippen LogP contribution is -2.42. The average molecular weight is 675 g/mol. The molecule has 2 N–H and O–H groups in total. The number of rotatable bonds is 5. The Labute approximate surface area is 282 Å². The van der Waals surface area contributed by atoms with Crippen LogP contribution in [0.5, 0.6) is 0 Å². The van der Waals surface area contributed by atoms with Crippen LogP contribution in [0.25, 0.3) is 22.6 Å². The van der Waals surface area contributed by atoms with Crippen molar-refractivity contribution in [2.45, 2.75) is 58.9 Å². The molecule has 3 heterocycles. The number of carbonyl (C=O) groups excluding carboxylic acids is 2. The molecule has 1 aliphatic rings. The summed E-state index contributed by atoms with van der Waals surface area (Å²) in [5.74, 6) is 6.67. The lowest BCUT2D eigenvalue weighted by molar-refractivity contribution is -0.137. The molecule has 0 unspecified atom stereocenters. The molecule has 0 aliphatic carbocycles. The summed E-state index contributed by atoms with van der Waals surface area (Å²) in [6, 6.07) is 12.8. The van der Waals surface area contributed by atoms with Crippen molar-refractivity contribution in [3.05, 3.63) is 78.3 Å². The number of carbonyl (C=O) groups is 2. The number of fused-ring (bicyclic) bond motifs is 1. The van der Waals surface area contributed by atoms with Crippen molar-refractivity contribution in [1.29, 1.82) is 0 Å². The zero-order chi connectivity index (χ0) is 35.3. The summed E-state index contributed by atoms with van der Waals surface area (Å²) in [6.07, 6.45) is -1.66. The van der Waals surface area contributed by atoms with Gasteiger partial charge in [-0.05, 0) is 83.5 Å². The fourth-order valence-electron chi connectivity index (χ4n) is 5.34. The van der Waals surface area contributed by atoms with E-state index in [1.165, 1.54) is 18.7 Å². The number of ether oxygens (including phenoxy) is 1. The normalized spacial score (nSPS) is 14.7. The standard InChI is InChI=1S/C36H37F3N6O4/c1-6-44-16-14-23(2)45(32-30(44)13-12-29(43-32)25-10-7-11-27(19-25)36(37,38)39)33(46)42-28-18-24(17-26(20-28)31-21-40-22-48-31)9-8-15-41-34(47)49-35(3,4)5/h7,10-13,17-23H,6,14-16H2,1-5H3,(H,41,47)(H,42,46)/t23-/m1/s1. The third kappa shape index (κ3) is 8.70. The van der Waals surface area contributed by atoms with Gasteiger partial charge in [-0.1, -0.05) is 24.0 Å². The van der Waals surface area contributed by atoms with Crippen LogP contribution in [0.1, 0.15) is 52.2 Å². The molecule has 0 radical (unpaired) electrons. The molecule has 1 atom stereocenters. The molecule has 5 rings (SSSR count). The minimum atomic E-state index is -4.51. The third-order valence-electron chi connectivity index (χ3n) is 7.62. The third-order valence-corrected chi connectivity index (χ3v) is 7.62. The first-order chi connectivity index (χ1) is 23.2. The predicted octanol–water partition coefficient (Wildman–Crippen LogP) is 7.96. The molecule has 3 amide bonds. The quantitative estimate of drug-likeness (QED) is 0.207. The highest BCUT2D eigenvalue weighted by Crippen LogP contribution is 2.37. The number of nitrogens with one attached hydrogen (secondary N) is 2. The fourth-order valence-corrected chi connectivity index (χ4v) is 5.34. The fraction of sp³-hybridized carbons (Fsp3) is 0.333. The monoisotopic (exact) mass is 674 g/mol. The van der Waals surface area contributed by atoms with Crippen molar-refractivity contribution in [1.82, 2.24) is 15.3 Å². The second-order valence-electron chi connectivity index (χ2n) is 12.5. The molecule has 49 heavy (non-hydrogen) atoms. The van der Waals surface area contributed by atoms with E-state index in [0.29, 0.717) is 59.3 Å². The Morgan fingerprint density at radius 3 is 2.57 bits per heavy atom. The maximum atomic E-state index is 14.2. The number of alkyl carbamates (subject to hydrolysis) is 1. The van der Waals surface area contributed by atoms with Crippen LogP contribution in [0.2, 0.25) is 0 Å². The molecule has 0 fully saturated rings. The van der Waals surface area contributed by atoms with Crippen LogP contribution in [0, 0.1) is 11.8 Å². The number of urea groups is 1. The number of nitrogens with zero attached hydrogens (tertiary/aromatic N) is 4. The SMILES string of the molecule is CCN1CC[C@@H](C)N(C(=O)Nc2cc(C#CCNC(=O)OC(C)(C)C)cc(-c3cnco3)c2)c2nc(-c3cccc(C(F)(F)F)c3)ccc21. The number of alkyl halides is 3. The summed E-state index contributed by atoms with van der Waals surface area (Å²) in [4.78, 5) is 38.6. The molecule has 10 nitrogen and oxygen atoms in total. The van der Waals surface area contributed by atoms with Gasteiger partial charge in [0.25, 0.3) is 0 Å². The Balaban J connectivity index is 1.47. The van der Waals surface area contributed by atoms with Crippen molar-refractivity contribution in [3.8, 4) is 34.4 Å². The van der Waals surface area contributed by atoms with Crippen LogP contribution in [0.3, 0.4) is 0 Å². The van der Waals surface area contributed by atoms with E-state index in [-0.39, 0.29) is 18.2 Å². The van der Waals surface area contributed by atoms with E-state index < -0.39 is 29.5 Å². The zero-order valence-corrected chi connectivity index (χ0v) is 27.8. The minimum absolute atomic E-state index is 0.0268. The number of benzene rings is 2. The highest BCUT2D eigenvalue weighted by atomic mass is 19.4. The Morgan fingerprint density at radius 2 is 1.88 bits per heavy atom. The summed E-state index contributed by atoms with van der Waals surface area (Å²) in [7, 11) is 0. The van der Waals surface area contributed by atoms with E-state index in [1.54, 1.807) is 62.1 Å². The van der Waals surface area contributed by atoms with Gasteiger partial charge in [0.1, 0.15) is 5.60 Å². The molecular weight excluding hydrogens is 637 g/mol. The Kier molecular flexibility index (Phi) is 10.2. The highest BCUT2D eigenvalue weighted by Gasteiger charge is 2.33. The molecule has 256 valence electrons. The number of anilines is 3. The molecule has 4 aromatic rings. The number of aromatic nitrogens is 2. The topological polar surface area (TPSA) is 113 Å². The summed E-state index contributed by atoms with van der Waals surface area (Å²) < 4.78 is 51.3. The number of halogens is 3. The van der Waals surface area contributed by atoms with Gasteiger partial charge >= 0.3 is 18.3 Å². The maximum Gasteiger partial charge on any atom is 0.416 e. The van der Waals surface area contributed by atoms with Gasteiger partial charge in [-0.2, -0.15) is 13.2 Å². The van der Waals surface area contributed by atoms with Crippen LogP contribution in [0.15, 0.2) is 71.6 Å². The molecule has 0 saturated heterocycles. The first-order valence-corrected chi connectivity index (χ1v) is 15.8. The second-order valence-corrected chi connectivity index (χ2v) is 12.5. The van der Waals surface area contributed by atoms with Gasteiger partial charge in [-0.3, -0.25) is 4.90 Å². The molecule has 0 bridgehead atoms. The van der Waals surface area contributed by atoms with Crippen LogP contribution < -0.4 is 20.4 Å². The predicted molar refractivity (Wildman–Crippen MR) is 181 cm³/mol. The van der Waals surface area contributed by atoms with Crippen molar-refractivity contribution in [3.63, 3.8) is 0 Å². The first-order valence-electron chi connectivity index (χ1n) is 15.8. The van der Waals surface area contributed by atoms with Gasteiger partial charge in [-0.25, -0.2) is 19.6 Å². The van der Waals surface area contributed by atoms with Crippen molar-refractivity contribution >= 4 is 29.3 Å². The molecule has 2 aromatic carbocycles. The van der Waals surface area contributed by atoms with E-state index in [9.17, 15) is 22.8 Å². The average Bonchev–Trinajstić information content (AvgIpc) is 3.54. The molecule has 13 heteroatoms. The maximum absolute atomic E-state index is 14.2. The van der Waals surface area contributed by atoms with E-state index >= 15 is 0 Å². The van der Waals surface area contributed by atoms with Crippen LogP contribution in [-0.2, 0) is 10.9 Å². The van der Waals surface area contributed by atoms with Crippen molar-refractivity contribution in [2.24, 2.45) is 0 Å². The molecule has 0 saturated carbocycles. The van der Waals surface area contributed by atoms with Crippen LogP contribution >= 0.6 is 0 Å². The van der Waals surface area contributed by atoms with Crippen molar-refractivity contribution < 1.29 is 31.9 Å². The second kappa shape index (κ2) is 14.3. The van der Waals surface area contributed by atoms with Crippen LogP contribution in [0.4, 0.5) is 40.0 Å². The molecule has 0 spiro atoms. The van der Waals surface area contributed by atoms with Gasteiger partial charge in [0, 0.05) is 41.5 Å². The Morgan fingerprint density at radius 1 is 1.08 bits per heavy atom. The molecule has 2 aromatic heterocycles. The number of amides is 3. The molecular formula is C36H37F3N6O4. The lowest BCUT2D eigenvalue weighted by atomic mass is 10.1. The smallest absolute Gasteiger partial charge is 0.416 e. The Hall–Kier alpha value is -5.51. The first kappa shape index (κ1) is 34.8. The zero-order valence-electron chi connectivity index (χ0n) is 27.8. The lowest BCUT2D eigenvalue weighted by Gasteiger charge is -2.28. The summed E-state index contributed by atoms with van der Waals surface area (Å²) in [6.45, 7) is 10.5. The van der Waals surface area contributed by atoms with Crippen LogP contribution in [-0.4, -0.2) is 53.4 Å². The number of pyridine rings is 1. The Bertz CT molecular complexity index is 1880. The van der Waals surface area contributed by atoms with Gasteiger partial charge in [0.2, 0.25) is 0 Å². The number of oxazole rings is 1. The number of hydrogen-bond acceptors (Lipinski definition) is 7. The van der Waals surface area contributed by atoms with E-state index in [1.807, 2.05) is 13.8 Å². The largest absolute Gasteiger partial charge is 0.444 e. The van der Waals surface area contributed by atoms with E-state index in [2.05, 4.69) is 32.4 Å². The van der Waals surface area contributed by atoms with Gasteiger partial charge in [0.15, 0.2) is 18.0 Å². The minimum Gasteiger partial charge on any atom is -0.444 e. The highest BCUT2D eigenvalue weighted by molar-refractivity contribution is 6.04. The van der Waals surface area contributed by atoms with Gasteiger partial charge in [-0.15, -0.1) is 0 Å². The summed E-state index contributed by atoms with van der Waals surface area (Å²) in [5, 5.41) is 5.56. The summed E-state index contributed by atoms with van der Waals surface area (Å²) in [5.41, 5.74) is 1.38. The van der Waals surface area contributed by atoms with Gasteiger partial charge in [0.05, 0.1) is 29.7 Å². The van der Waals surface area contributed by atoms with Gasteiger partial charge < -0.3 is 24.7 Å². The van der Waals surface area contributed by atoms with E-state index in [4.69, 9.17) is 14.1 Å². The summed E-state index contributed by atoms with van der Waals surface area (Å²) >= 11 is 0. The van der Waals surface area contributed by atoms with E-state index in [0.717, 1.165) is 12.1 Å². The van der Waals surface area contributed by atoms with Crippen molar-refractivity contribution in [2.75, 3.05) is 34.8 Å². The number of hydrogen-bond donors (Lipinski definition) is 2. The molecule has 1 aliphatic heterocycles.